The van der Waals surface area contributed by atoms with Crippen LogP contribution in [0, 0.1) is 0 Å². The van der Waals surface area contributed by atoms with Crippen LogP contribution in [0.1, 0.15) is 0 Å². The monoisotopic (exact) mass is 197 g/mol. The van der Waals surface area contributed by atoms with E-state index in [9.17, 15) is 9.00 Å². The summed E-state index contributed by atoms with van der Waals surface area (Å²) in [6, 6.07) is -0.997. The molecule has 2 unspecified atom stereocenters. The van der Waals surface area contributed by atoms with Crippen LogP contribution in [0.4, 0.5) is 0 Å². The highest BCUT2D eigenvalue weighted by molar-refractivity contribution is 8.09. The lowest BCUT2D eigenvalue weighted by Crippen LogP contribution is -2.35. The van der Waals surface area contributed by atoms with Crippen LogP contribution in [0.2, 0.25) is 0 Å². The van der Waals surface area contributed by atoms with Gasteiger partial charge in [0.1, 0.15) is 6.04 Å². The Hall–Kier alpha value is -0.0700. The van der Waals surface area contributed by atoms with Crippen molar-refractivity contribution >= 4 is 28.5 Å². The molecule has 0 fully saturated rings. The van der Waals surface area contributed by atoms with Crippen LogP contribution in [-0.2, 0) is 15.6 Å². The van der Waals surface area contributed by atoms with Gasteiger partial charge in [-0.25, -0.2) is 0 Å². The molecule has 4 nitrogen and oxygen atoms in total. The second-order valence-corrected chi connectivity index (χ2v) is 4.69. The van der Waals surface area contributed by atoms with E-state index in [0.29, 0.717) is 5.08 Å². The number of hydrogen-bond donors (Lipinski definition) is 2. The molecule has 0 saturated heterocycles. The molecule has 11 heavy (non-hydrogen) atoms. The van der Waals surface area contributed by atoms with Gasteiger partial charge in [-0.1, -0.05) is 0 Å². The van der Waals surface area contributed by atoms with E-state index in [1.165, 1.54) is 11.8 Å². The van der Waals surface area contributed by atoms with Crippen molar-refractivity contribution in [3.05, 3.63) is 0 Å². The number of thioether (sulfide) groups is 1. The van der Waals surface area contributed by atoms with Gasteiger partial charge in [0.05, 0.1) is 10.8 Å². The Balaban J connectivity index is 3.66. The van der Waals surface area contributed by atoms with Crippen LogP contribution >= 0.6 is 11.8 Å². The predicted octanol–water partition coefficient (Wildman–Crippen LogP) is -0.533. The Kier molecular flexibility index (Phi) is 5.53. The number of aliphatic carboxylic acids is 1. The minimum absolute atomic E-state index is 0.0379. The van der Waals surface area contributed by atoms with Crippen LogP contribution < -0.4 is 5.73 Å². The van der Waals surface area contributed by atoms with Crippen molar-refractivity contribution in [1.82, 2.24) is 0 Å². The van der Waals surface area contributed by atoms with Crippen LogP contribution in [-0.4, -0.2) is 38.4 Å². The number of carboxylic acids is 1. The molecule has 0 aliphatic carbocycles. The topological polar surface area (TPSA) is 80.4 Å². The SMILES string of the molecule is CSCS(=O)CC(N)C(=O)O. The first kappa shape index (κ1) is 10.9. The first-order valence-corrected chi connectivity index (χ1v) is 5.78. The number of carboxylic acid groups (broad SMARTS) is 1. The van der Waals surface area contributed by atoms with E-state index < -0.39 is 22.8 Å². The zero-order valence-corrected chi connectivity index (χ0v) is 7.78. The van der Waals surface area contributed by atoms with E-state index in [1.54, 1.807) is 0 Å². The predicted molar refractivity (Wildman–Crippen MR) is 47.0 cm³/mol. The Labute approximate surface area is 72.0 Å². The second-order valence-electron chi connectivity index (χ2n) is 1.96. The molecule has 3 N–H and O–H groups in total. The number of hydrogen-bond acceptors (Lipinski definition) is 4. The summed E-state index contributed by atoms with van der Waals surface area (Å²) >= 11 is 1.41. The molecular formula is C5H11NO3S2. The summed E-state index contributed by atoms with van der Waals surface area (Å²) in [6.07, 6.45) is 1.81. The smallest absolute Gasteiger partial charge is 0.321 e. The third kappa shape index (κ3) is 5.23. The van der Waals surface area contributed by atoms with Gasteiger partial charge in [-0.2, -0.15) is 11.8 Å². The molecule has 0 aliphatic rings. The van der Waals surface area contributed by atoms with Gasteiger partial charge >= 0.3 is 5.97 Å². The minimum atomic E-state index is -1.11. The van der Waals surface area contributed by atoms with Gasteiger partial charge in [0.25, 0.3) is 0 Å². The van der Waals surface area contributed by atoms with Gasteiger partial charge in [0.15, 0.2) is 0 Å². The van der Waals surface area contributed by atoms with Gasteiger partial charge in [-0.15, -0.1) is 0 Å². The van der Waals surface area contributed by atoms with Gasteiger partial charge in [0.2, 0.25) is 0 Å². The molecule has 6 heteroatoms. The Morgan fingerprint density at radius 1 is 1.82 bits per heavy atom. The molecule has 0 spiro atoms. The Morgan fingerprint density at radius 2 is 2.36 bits per heavy atom. The Bertz CT molecular complexity index is 162. The van der Waals surface area contributed by atoms with Gasteiger partial charge in [0, 0.05) is 10.8 Å². The fourth-order valence-electron chi connectivity index (χ4n) is 0.451. The van der Waals surface area contributed by atoms with Crippen molar-refractivity contribution in [2.45, 2.75) is 6.04 Å². The third-order valence-electron chi connectivity index (χ3n) is 0.932. The maximum Gasteiger partial charge on any atom is 0.321 e. The highest BCUT2D eigenvalue weighted by atomic mass is 32.2. The molecule has 0 aliphatic heterocycles. The third-order valence-corrected chi connectivity index (χ3v) is 3.66. The van der Waals surface area contributed by atoms with Crippen molar-refractivity contribution in [3.8, 4) is 0 Å². The highest BCUT2D eigenvalue weighted by Crippen LogP contribution is 1.97. The van der Waals surface area contributed by atoms with Crippen molar-refractivity contribution in [3.63, 3.8) is 0 Å². The van der Waals surface area contributed by atoms with Gasteiger partial charge < -0.3 is 10.8 Å². The van der Waals surface area contributed by atoms with Crippen LogP contribution in [0.5, 0.6) is 0 Å². The molecule has 0 rings (SSSR count). The molecule has 0 aromatic heterocycles. The quantitative estimate of drug-likeness (QED) is 0.619. The maximum atomic E-state index is 10.9. The van der Waals surface area contributed by atoms with Crippen molar-refractivity contribution in [2.24, 2.45) is 5.73 Å². The lowest BCUT2D eigenvalue weighted by atomic mass is 10.4. The molecule has 66 valence electrons. The van der Waals surface area contributed by atoms with Crippen LogP contribution in [0.3, 0.4) is 0 Å². The largest absolute Gasteiger partial charge is 0.480 e. The summed E-state index contributed by atoms with van der Waals surface area (Å²) in [4.78, 5) is 10.2. The van der Waals surface area contributed by atoms with Crippen molar-refractivity contribution in [2.75, 3.05) is 17.1 Å². The first-order chi connectivity index (χ1) is 5.07. The lowest BCUT2D eigenvalue weighted by Gasteiger charge is -2.03. The van der Waals surface area contributed by atoms with Crippen molar-refractivity contribution < 1.29 is 14.1 Å². The highest BCUT2D eigenvalue weighted by Gasteiger charge is 2.14. The van der Waals surface area contributed by atoms with E-state index in [2.05, 4.69) is 0 Å². The molecule has 0 saturated carbocycles. The van der Waals surface area contributed by atoms with Crippen LogP contribution in [0.25, 0.3) is 0 Å². The second kappa shape index (κ2) is 5.56. The first-order valence-electron chi connectivity index (χ1n) is 2.90. The summed E-state index contributed by atoms with van der Waals surface area (Å²) in [5.74, 6) is -1.06. The molecular weight excluding hydrogens is 186 g/mol. The zero-order chi connectivity index (χ0) is 8.85. The normalized spacial score (nSPS) is 15.8. The van der Waals surface area contributed by atoms with Gasteiger partial charge in [-0.05, 0) is 6.26 Å². The Morgan fingerprint density at radius 3 is 2.73 bits per heavy atom. The summed E-state index contributed by atoms with van der Waals surface area (Å²) < 4.78 is 10.9. The summed E-state index contributed by atoms with van der Waals surface area (Å²) in [7, 11) is -1.11. The molecule has 0 aromatic carbocycles. The number of nitrogens with two attached hydrogens (primary N) is 1. The maximum absolute atomic E-state index is 10.9. The average molecular weight is 197 g/mol. The molecule has 0 aromatic rings. The molecule has 0 radical (unpaired) electrons. The fraction of sp³-hybridized carbons (Fsp3) is 0.800. The standard InChI is InChI=1S/C5H11NO3S2/c1-10-3-11(9)2-4(6)5(7)8/h4H,2-3,6H2,1H3,(H,7,8). The van der Waals surface area contributed by atoms with E-state index in [1.807, 2.05) is 6.26 Å². The summed E-state index contributed by atoms with van der Waals surface area (Å²) in [6.45, 7) is 0. The van der Waals surface area contributed by atoms with E-state index in [4.69, 9.17) is 10.8 Å². The minimum Gasteiger partial charge on any atom is -0.480 e. The fourth-order valence-corrected chi connectivity index (χ4v) is 2.43. The summed E-state index contributed by atoms with van der Waals surface area (Å²) in [5, 5.41) is 8.78. The molecule has 2 atom stereocenters. The average Bonchev–Trinajstić information content (AvgIpc) is 1.87. The van der Waals surface area contributed by atoms with Crippen molar-refractivity contribution in [1.29, 1.82) is 0 Å². The number of carbonyl (C=O) groups is 1. The lowest BCUT2D eigenvalue weighted by molar-refractivity contribution is -0.137. The van der Waals surface area contributed by atoms with Crippen LogP contribution in [0.15, 0.2) is 0 Å². The zero-order valence-electron chi connectivity index (χ0n) is 6.15. The number of rotatable bonds is 5. The van der Waals surface area contributed by atoms with Gasteiger partial charge in [-0.3, -0.25) is 9.00 Å². The molecule has 0 heterocycles. The van der Waals surface area contributed by atoms with E-state index in [0.717, 1.165) is 0 Å². The molecule has 0 amide bonds. The molecule has 0 bridgehead atoms. The van der Waals surface area contributed by atoms with E-state index >= 15 is 0 Å². The van der Waals surface area contributed by atoms with E-state index in [-0.39, 0.29) is 5.75 Å². The summed E-state index contributed by atoms with van der Waals surface area (Å²) in [5.41, 5.74) is 5.15.